The molecular formula is C10H10F2N6. The fourth-order valence-corrected chi connectivity index (χ4v) is 1.25. The predicted molar refractivity (Wildman–Crippen MR) is 61.8 cm³/mol. The highest BCUT2D eigenvalue weighted by Gasteiger charge is 2.04. The number of rotatable bonds is 4. The number of anilines is 1. The minimum absolute atomic E-state index is 0.203. The molecule has 0 unspecified atom stereocenters. The monoisotopic (exact) mass is 252 g/mol. The maximum Gasteiger partial charge on any atom is 0.161 e. The van der Waals surface area contributed by atoms with Crippen molar-refractivity contribution >= 4 is 17.2 Å². The summed E-state index contributed by atoms with van der Waals surface area (Å²) in [6, 6.07) is 3.26. The van der Waals surface area contributed by atoms with Gasteiger partial charge in [-0.2, -0.15) is 10.2 Å². The van der Waals surface area contributed by atoms with E-state index >= 15 is 0 Å². The molecule has 6 nitrogen and oxygen atoms in total. The maximum absolute atomic E-state index is 12.9. The van der Waals surface area contributed by atoms with Crippen LogP contribution in [0.15, 0.2) is 34.6 Å². The highest BCUT2D eigenvalue weighted by Crippen LogP contribution is 2.24. The second-order valence-corrected chi connectivity index (χ2v) is 3.31. The molecule has 2 rings (SSSR count). The number of halogens is 2. The Morgan fingerprint density at radius 1 is 1.28 bits per heavy atom. The Balaban J connectivity index is 2.19. The number of hydrogen-bond acceptors (Lipinski definition) is 5. The van der Waals surface area contributed by atoms with Crippen molar-refractivity contribution in [1.29, 1.82) is 0 Å². The Labute approximate surface area is 101 Å². The van der Waals surface area contributed by atoms with Gasteiger partial charge in [0.2, 0.25) is 0 Å². The van der Waals surface area contributed by atoms with Crippen LogP contribution >= 0.6 is 0 Å². The highest BCUT2D eigenvalue weighted by molar-refractivity contribution is 5.58. The number of aromatic nitrogens is 2. The first-order valence-corrected chi connectivity index (χ1v) is 5.05. The molecule has 1 heterocycles. The smallest absolute Gasteiger partial charge is 0.161 e. The molecule has 1 aromatic carbocycles. The quantitative estimate of drug-likeness (QED) is 0.576. The predicted octanol–water partition coefficient (Wildman–Crippen LogP) is 2.43. The van der Waals surface area contributed by atoms with Gasteiger partial charge in [0, 0.05) is 6.07 Å². The van der Waals surface area contributed by atoms with E-state index in [0.717, 1.165) is 12.1 Å². The molecule has 0 saturated carbocycles. The molecule has 18 heavy (non-hydrogen) atoms. The SMILES string of the molecule is NCNc1[nH]ncc1N=Nc1ccc(F)c(F)c1. The second-order valence-electron chi connectivity index (χ2n) is 3.31. The van der Waals surface area contributed by atoms with E-state index in [0.29, 0.717) is 11.5 Å². The van der Waals surface area contributed by atoms with Gasteiger partial charge in [-0.1, -0.05) is 0 Å². The first-order valence-electron chi connectivity index (χ1n) is 5.05. The zero-order valence-corrected chi connectivity index (χ0v) is 9.19. The lowest BCUT2D eigenvalue weighted by molar-refractivity contribution is 0.509. The summed E-state index contributed by atoms with van der Waals surface area (Å²) in [6.45, 7) is 0.204. The van der Waals surface area contributed by atoms with Gasteiger partial charge in [0.05, 0.1) is 18.6 Å². The highest BCUT2D eigenvalue weighted by atomic mass is 19.2. The topological polar surface area (TPSA) is 91.4 Å². The van der Waals surface area contributed by atoms with E-state index in [9.17, 15) is 8.78 Å². The summed E-state index contributed by atoms with van der Waals surface area (Å²) in [4.78, 5) is 0. The lowest BCUT2D eigenvalue weighted by atomic mass is 10.3. The third-order valence-electron chi connectivity index (χ3n) is 2.07. The Hall–Kier alpha value is -2.35. The minimum Gasteiger partial charge on any atom is -0.356 e. The zero-order valence-electron chi connectivity index (χ0n) is 9.19. The molecule has 2 aromatic rings. The number of nitrogens with two attached hydrogens (primary N) is 1. The van der Waals surface area contributed by atoms with Crippen LogP contribution in [0.3, 0.4) is 0 Å². The first-order chi connectivity index (χ1) is 8.70. The van der Waals surface area contributed by atoms with E-state index in [1.807, 2.05) is 0 Å². The Morgan fingerprint density at radius 2 is 2.11 bits per heavy atom. The summed E-state index contributed by atoms with van der Waals surface area (Å²) in [5.74, 6) is -1.40. The molecule has 0 atom stereocenters. The third-order valence-corrected chi connectivity index (χ3v) is 2.07. The van der Waals surface area contributed by atoms with Gasteiger partial charge >= 0.3 is 0 Å². The summed E-state index contributed by atoms with van der Waals surface area (Å²) in [5, 5.41) is 16.8. The van der Waals surface area contributed by atoms with Gasteiger partial charge in [0.25, 0.3) is 0 Å². The van der Waals surface area contributed by atoms with Crippen LogP contribution in [0, 0.1) is 11.6 Å². The second kappa shape index (κ2) is 5.32. The van der Waals surface area contributed by atoms with Crippen LogP contribution in [-0.2, 0) is 0 Å². The van der Waals surface area contributed by atoms with Crippen LogP contribution in [0.2, 0.25) is 0 Å². The fraction of sp³-hybridized carbons (Fsp3) is 0.100. The van der Waals surface area contributed by atoms with Crippen molar-refractivity contribution in [2.45, 2.75) is 0 Å². The van der Waals surface area contributed by atoms with Gasteiger partial charge in [-0.3, -0.25) is 5.10 Å². The summed E-state index contributed by atoms with van der Waals surface area (Å²) >= 11 is 0. The molecule has 4 N–H and O–H groups in total. The summed E-state index contributed by atoms with van der Waals surface area (Å²) in [7, 11) is 0. The van der Waals surface area contributed by atoms with Crippen LogP contribution in [-0.4, -0.2) is 16.9 Å². The normalized spacial score (nSPS) is 11.1. The van der Waals surface area contributed by atoms with Crippen molar-refractivity contribution < 1.29 is 8.78 Å². The van der Waals surface area contributed by atoms with Crippen molar-refractivity contribution in [3.05, 3.63) is 36.0 Å². The van der Waals surface area contributed by atoms with E-state index < -0.39 is 11.6 Å². The average molecular weight is 252 g/mol. The van der Waals surface area contributed by atoms with Crippen molar-refractivity contribution in [2.24, 2.45) is 16.0 Å². The maximum atomic E-state index is 12.9. The molecule has 0 aliphatic carbocycles. The summed E-state index contributed by atoms with van der Waals surface area (Å²) < 4.78 is 25.6. The van der Waals surface area contributed by atoms with Gasteiger partial charge in [-0.05, 0) is 12.1 Å². The van der Waals surface area contributed by atoms with Crippen LogP contribution in [0.4, 0.5) is 26.0 Å². The molecule has 0 spiro atoms. The van der Waals surface area contributed by atoms with E-state index in [1.54, 1.807) is 0 Å². The molecule has 0 amide bonds. The largest absolute Gasteiger partial charge is 0.356 e. The number of H-pyrrole nitrogens is 1. The van der Waals surface area contributed by atoms with E-state index in [1.165, 1.54) is 12.3 Å². The van der Waals surface area contributed by atoms with E-state index in [2.05, 4.69) is 25.7 Å². The van der Waals surface area contributed by atoms with Gasteiger partial charge in [0.15, 0.2) is 17.5 Å². The average Bonchev–Trinajstić information content (AvgIpc) is 2.79. The van der Waals surface area contributed by atoms with E-state index in [-0.39, 0.29) is 12.4 Å². The fourth-order valence-electron chi connectivity index (χ4n) is 1.25. The molecule has 0 aliphatic rings. The summed E-state index contributed by atoms with van der Waals surface area (Å²) in [6.07, 6.45) is 1.43. The number of aromatic amines is 1. The molecular weight excluding hydrogens is 242 g/mol. The van der Waals surface area contributed by atoms with Gasteiger partial charge in [0.1, 0.15) is 5.69 Å². The van der Waals surface area contributed by atoms with Gasteiger partial charge < -0.3 is 11.1 Å². The Bertz CT molecular complexity index is 565. The molecule has 94 valence electrons. The van der Waals surface area contributed by atoms with Crippen LogP contribution < -0.4 is 11.1 Å². The Kier molecular flexibility index (Phi) is 3.58. The number of benzene rings is 1. The van der Waals surface area contributed by atoms with Crippen LogP contribution in [0.25, 0.3) is 0 Å². The van der Waals surface area contributed by atoms with Crippen molar-refractivity contribution in [3.8, 4) is 0 Å². The van der Waals surface area contributed by atoms with Gasteiger partial charge in [-0.25, -0.2) is 8.78 Å². The zero-order chi connectivity index (χ0) is 13.0. The summed E-state index contributed by atoms with van der Waals surface area (Å²) in [5.41, 5.74) is 5.93. The Morgan fingerprint density at radius 3 is 2.83 bits per heavy atom. The molecule has 0 bridgehead atoms. The van der Waals surface area contributed by atoms with Crippen LogP contribution in [0.5, 0.6) is 0 Å². The lowest BCUT2D eigenvalue weighted by Gasteiger charge is -1.98. The number of nitrogens with one attached hydrogen (secondary N) is 2. The third kappa shape index (κ3) is 2.66. The van der Waals surface area contributed by atoms with Crippen molar-refractivity contribution in [1.82, 2.24) is 10.2 Å². The number of hydrogen-bond donors (Lipinski definition) is 3. The first kappa shape index (κ1) is 12.1. The van der Waals surface area contributed by atoms with E-state index in [4.69, 9.17) is 5.73 Å². The standard InChI is InChI=1S/C10H10F2N6/c11-7-2-1-6(3-8(7)12)16-17-9-4-15-18-10(9)14-5-13/h1-4H,5,13H2,(H2,14,15,18). The van der Waals surface area contributed by atoms with Gasteiger partial charge in [-0.15, -0.1) is 5.11 Å². The molecule has 1 aromatic heterocycles. The van der Waals surface area contributed by atoms with Crippen LogP contribution in [0.1, 0.15) is 0 Å². The molecule has 0 aliphatic heterocycles. The number of azo groups is 1. The lowest BCUT2D eigenvalue weighted by Crippen LogP contribution is -2.10. The van der Waals surface area contributed by atoms with Crippen molar-refractivity contribution in [2.75, 3.05) is 12.0 Å². The minimum atomic E-state index is -0.973. The molecule has 0 saturated heterocycles. The molecule has 0 fully saturated rings. The molecule has 8 heteroatoms. The van der Waals surface area contributed by atoms with Crippen molar-refractivity contribution in [3.63, 3.8) is 0 Å². The number of nitrogens with zero attached hydrogens (tertiary/aromatic N) is 3. The molecule has 0 radical (unpaired) electrons.